The molecule has 26 heavy (non-hydrogen) atoms. The number of rotatable bonds is 8. The third kappa shape index (κ3) is 5.03. The Kier molecular flexibility index (Phi) is 6.19. The molecule has 1 N–H and O–H groups in total. The average Bonchev–Trinajstić information content (AvgIpc) is 3.06. The van der Waals surface area contributed by atoms with Crippen molar-refractivity contribution < 1.29 is 9.72 Å². The lowest BCUT2D eigenvalue weighted by Crippen LogP contribution is -2.26. The number of thiazole rings is 1. The average molecular weight is 387 g/mol. The second-order valence-electron chi connectivity index (χ2n) is 5.62. The first-order chi connectivity index (χ1) is 12.6. The summed E-state index contributed by atoms with van der Waals surface area (Å²) in [4.78, 5) is 26.7. The third-order valence-corrected chi connectivity index (χ3v) is 5.86. The van der Waals surface area contributed by atoms with Crippen molar-refractivity contribution in [1.82, 2.24) is 10.3 Å². The second-order valence-corrected chi connectivity index (χ2v) is 7.87. The summed E-state index contributed by atoms with van der Waals surface area (Å²) in [7, 11) is 0. The van der Waals surface area contributed by atoms with Gasteiger partial charge >= 0.3 is 0 Å². The highest BCUT2D eigenvalue weighted by Gasteiger charge is 2.11. The topological polar surface area (TPSA) is 85.1 Å². The molecule has 3 rings (SSSR count). The van der Waals surface area contributed by atoms with Gasteiger partial charge in [0.25, 0.3) is 5.69 Å². The molecule has 0 aliphatic heterocycles. The zero-order valence-electron chi connectivity index (χ0n) is 13.9. The van der Waals surface area contributed by atoms with Gasteiger partial charge in [-0.1, -0.05) is 42.1 Å². The molecule has 3 aromatic rings. The minimum atomic E-state index is -0.422. The van der Waals surface area contributed by atoms with Gasteiger partial charge in [-0.25, -0.2) is 4.98 Å². The molecule has 0 radical (unpaired) electrons. The van der Waals surface area contributed by atoms with Crippen molar-refractivity contribution in [2.45, 2.75) is 17.2 Å². The van der Waals surface area contributed by atoms with Crippen molar-refractivity contribution in [3.63, 3.8) is 0 Å². The van der Waals surface area contributed by atoms with Gasteiger partial charge < -0.3 is 5.32 Å². The summed E-state index contributed by atoms with van der Waals surface area (Å²) >= 11 is 2.71. The minimum absolute atomic E-state index is 0.0340. The Hall–Kier alpha value is -2.45. The first-order valence-electron chi connectivity index (χ1n) is 8.10. The van der Waals surface area contributed by atoms with Gasteiger partial charge in [-0.15, -0.1) is 11.3 Å². The molecule has 0 saturated carbocycles. The largest absolute Gasteiger partial charge is 0.355 e. The molecule has 0 fully saturated rings. The summed E-state index contributed by atoms with van der Waals surface area (Å²) in [6, 6.07) is 14.8. The van der Waals surface area contributed by atoms with Gasteiger partial charge in [-0.2, -0.15) is 0 Å². The van der Waals surface area contributed by atoms with E-state index >= 15 is 0 Å². The quantitative estimate of drug-likeness (QED) is 0.273. The molecule has 0 saturated heterocycles. The number of non-ortho nitro benzene ring substituents is 1. The van der Waals surface area contributed by atoms with Crippen molar-refractivity contribution in [3.05, 3.63) is 64.2 Å². The van der Waals surface area contributed by atoms with E-state index < -0.39 is 4.92 Å². The summed E-state index contributed by atoms with van der Waals surface area (Å²) in [6.45, 7) is 0.639. The van der Waals surface area contributed by atoms with E-state index in [1.807, 2.05) is 18.2 Å². The monoisotopic (exact) mass is 387 g/mol. The maximum Gasteiger partial charge on any atom is 0.270 e. The summed E-state index contributed by atoms with van der Waals surface area (Å²) in [5.41, 5.74) is 2.03. The van der Waals surface area contributed by atoms with Crippen LogP contribution in [-0.2, 0) is 11.2 Å². The van der Waals surface area contributed by atoms with Gasteiger partial charge in [0.15, 0.2) is 4.34 Å². The number of benzene rings is 2. The van der Waals surface area contributed by atoms with E-state index in [0.29, 0.717) is 12.1 Å². The van der Waals surface area contributed by atoms with Crippen LogP contribution in [0.15, 0.2) is 52.9 Å². The predicted octanol–water partition coefficient (Wildman–Crippen LogP) is 4.05. The summed E-state index contributed by atoms with van der Waals surface area (Å²) < 4.78 is 1.49. The molecule has 0 unspecified atom stereocenters. The Morgan fingerprint density at radius 3 is 2.81 bits per heavy atom. The van der Waals surface area contributed by atoms with Crippen molar-refractivity contribution in [2.75, 3.05) is 12.3 Å². The van der Waals surface area contributed by atoms with Crippen LogP contribution < -0.4 is 5.32 Å². The van der Waals surface area contributed by atoms with Crippen LogP contribution in [0.25, 0.3) is 10.2 Å². The number of amides is 1. The highest BCUT2D eigenvalue weighted by Crippen LogP contribution is 2.31. The number of thioether (sulfide) groups is 1. The van der Waals surface area contributed by atoms with E-state index in [9.17, 15) is 14.9 Å². The number of fused-ring (bicyclic) bond motifs is 1. The molecule has 0 atom stereocenters. The molecular weight excluding hydrogens is 370 g/mol. The van der Waals surface area contributed by atoms with Crippen LogP contribution in [0.1, 0.15) is 12.0 Å². The Labute approximate surface area is 158 Å². The number of aryl methyl sites for hydroxylation is 1. The SMILES string of the molecule is O=C(CSc1nc2ccc([N+](=O)[O-])cc2s1)NCCCc1ccccc1. The number of nitrogens with zero attached hydrogens (tertiary/aromatic N) is 2. The smallest absolute Gasteiger partial charge is 0.270 e. The van der Waals surface area contributed by atoms with Crippen LogP contribution in [-0.4, -0.2) is 28.1 Å². The third-order valence-electron chi connectivity index (χ3n) is 3.70. The first-order valence-corrected chi connectivity index (χ1v) is 9.90. The predicted molar refractivity (Wildman–Crippen MR) is 105 cm³/mol. The van der Waals surface area contributed by atoms with Crippen LogP contribution >= 0.6 is 23.1 Å². The van der Waals surface area contributed by atoms with Crippen LogP contribution in [0.3, 0.4) is 0 Å². The van der Waals surface area contributed by atoms with Crippen LogP contribution in [0.2, 0.25) is 0 Å². The van der Waals surface area contributed by atoms with Gasteiger partial charge in [0.05, 0.1) is 20.9 Å². The molecule has 1 aromatic heterocycles. The molecular formula is C18H17N3O3S2. The summed E-state index contributed by atoms with van der Waals surface area (Å²) in [6.07, 6.45) is 1.83. The molecule has 1 amide bonds. The molecule has 0 spiro atoms. The van der Waals surface area contributed by atoms with E-state index in [4.69, 9.17) is 0 Å². The zero-order chi connectivity index (χ0) is 18.4. The Morgan fingerprint density at radius 2 is 2.04 bits per heavy atom. The van der Waals surface area contributed by atoms with Crippen LogP contribution in [0.4, 0.5) is 5.69 Å². The number of nitro groups is 1. The maximum absolute atomic E-state index is 11.9. The van der Waals surface area contributed by atoms with E-state index in [1.54, 1.807) is 6.07 Å². The highest BCUT2D eigenvalue weighted by molar-refractivity contribution is 8.01. The van der Waals surface area contributed by atoms with E-state index in [1.165, 1.54) is 40.8 Å². The zero-order valence-corrected chi connectivity index (χ0v) is 15.5. The number of nitrogens with one attached hydrogen (secondary N) is 1. The number of carbonyl (C=O) groups excluding carboxylic acids is 1. The lowest BCUT2D eigenvalue weighted by atomic mass is 10.1. The van der Waals surface area contributed by atoms with Crippen molar-refractivity contribution >= 4 is 44.9 Å². The number of hydrogen-bond acceptors (Lipinski definition) is 6. The van der Waals surface area contributed by atoms with Gasteiger partial charge in [0.1, 0.15) is 0 Å². The summed E-state index contributed by atoms with van der Waals surface area (Å²) in [5, 5.41) is 13.7. The lowest BCUT2D eigenvalue weighted by Gasteiger charge is -2.04. The van der Waals surface area contributed by atoms with E-state index in [2.05, 4.69) is 22.4 Å². The Balaban J connectivity index is 1.44. The number of carbonyl (C=O) groups is 1. The van der Waals surface area contributed by atoms with Gasteiger partial charge in [0.2, 0.25) is 5.91 Å². The standard InChI is InChI=1S/C18H17N3O3S2/c22-17(19-10-4-7-13-5-2-1-3-6-13)12-25-18-20-15-9-8-14(21(23)24)11-16(15)26-18/h1-3,5-6,8-9,11H,4,7,10,12H2,(H,19,22). The first kappa shape index (κ1) is 18.3. The fourth-order valence-corrected chi connectivity index (χ4v) is 4.34. The Bertz CT molecular complexity index is 912. The van der Waals surface area contributed by atoms with Gasteiger partial charge in [0, 0.05) is 18.7 Å². The van der Waals surface area contributed by atoms with Gasteiger partial charge in [-0.3, -0.25) is 14.9 Å². The second kappa shape index (κ2) is 8.77. The van der Waals surface area contributed by atoms with Gasteiger partial charge in [-0.05, 0) is 24.5 Å². The van der Waals surface area contributed by atoms with Crippen LogP contribution in [0, 0.1) is 10.1 Å². The number of nitro benzene ring substituents is 1. The molecule has 8 heteroatoms. The molecule has 0 aliphatic rings. The molecule has 2 aromatic carbocycles. The highest BCUT2D eigenvalue weighted by atomic mass is 32.2. The molecule has 6 nitrogen and oxygen atoms in total. The summed E-state index contributed by atoms with van der Waals surface area (Å²) in [5.74, 6) is 0.251. The Morgan fingerprint density at radius 1 is 1.23 bits per heavy atom. The van der Waals surface area contributed by atoms with E-state index in [-0.39, 0.29) is 17.3 Å². The van der Waals surface area contributed by atoms with Crippen LogP contribution in [0.5, 0.6) is 0 Å². The minimum Gasteiger partial charge on any atom is -0.355 e. The fraction of sp³-hybridized carbons (Fsp3) is 0.222. The van der Waals surface area contributed by atoms with Crippen molar-refractivity contribution in [3.8, 4) is 0 Å². The molecule has 0 aliphatic carbocycles. The molecule has 1 heterocycles. The lowest BCUT2D eigenvalue weighted by molar-refractivity contribution is -0.384. The fourth-order valence-electron chi connectivity index (χ4n) is 2.41. The van der Waals surface area contributed by atoms with Crippen molar-refractivity contribution in [2.24, 2.45) is 0 Å². The number of hydrogen-bond donors (Lipinski definition) is 1. The van der Waals surface area contributed by atoms with Crippen molar-refractivity contribution in [1.29, 1.82) is 0 Å². The normalized spacial score (nSPS) is 10.8. The maximum atomic E-state index is 11.9. The van der Waals surface area contributed by atoms with E-state index in [0.717, 1.165) is 21.9 Å². The number of aromatic nitrogens is 1. The molecule has 134 valence electrons. The molecule has 0 bridgehead atoms.